The van der Waals surface area contributed by atoms with Crippen LogP contribution in [0.5, 0.6) is 0 Å². The van der Waals surface area contributed by atoms with E-state index in [2.05, 4.69) is 15.9 Å². The second kappa shape index (κ2) is 7.18. The van der Waals surface area contributed by atoms with Crippen LogP contribution in [0.25, 0.3) is 0 Å². The van der Waals surface area contributed by atoms with E-state index in [1.54, 1.807) is 12.1 Å². The third kappa shape index (κ3) is 4.14. The van der Waals surface area contributed by atoms with Crippen LogP contribution >= 0.6 is 15.9 Å². The molecule has 0 bridgehead atoms. The Kier molecular flexibility index (Phi) is 5.53. The lowest BCUT2D eigenvalue weighted by molar-refractivity contribution is -0.120. The van der Waals surface area contributed by atoms with Crippen LogP contribution in [0.4, 0.5) is 0 Å². The van der Waals surface area contributed by atoms with Crippen molar-refractivity contribution < 1.29 is 9.59 Å². The minimum absolute atomic E-state index is 0.0376. The minimum Gasteiger partial charge on any atom is -0.369 e. The van der Waals surface area contributed by atoms with Gasteiger partial charge in [-0.2, -0.15) is 0 Å². The van der Waals surface area contributed by atoms with Gasteiger partial charge in [0.2, 0.25) is 5.91 Å². The summed E-state index contributed by atoms with van der Waals surface area (Å²) in [6.45, 7) is 2.01. The van der Waals surface area contributed by atoms with Gasteiger partial charge in [0.25, 0.3) is 0 Å². The average molecular weight is 353 g/mol. The Balaban J connectivity index is 2.15. The van der Waals surface area contributed by atoms with E-state index >= 15 is 0 Å². The number of benzene rings is 1. The molecule has 1 aromatic rings. The minimum atomic E-state index is -0.377. The van der Waals surface area contributed by atoms with Crippen molar-refractivity contribution in [2.45, 2.75) is 44.7 Å². The summed E-state index contributed by atoms with van der Waals surface area (Å²) in [5, 5.41) is 0. The lowest BCUT2D eigenvalue weighted by Crippen LogP contribution is -2.48. The smallest absolute Gasteiger partial charge is 0.231 e. The standard InChI is InChI=1S/C16H21BrN2O2/c1-11(16(21)12-6-8-13(17)9-7-12)19(10-15(18)20)14-4-2-3-5-14/h6-9,11,14H,2-5,10H2,1H3,(H2,18,20). The maximum absolute atomic E-state index is 12.6. The highest BCUT2D eigenvalue weighted by atomic mass is 79.9. The summed E-state index contributed by atoms with van der Waals surface area (Å²) in [5.74, 6) is -0.340. The molecule has 1 aliphatic carbocycles. The predicted molar refractivity (Wildman–Crippen MR) is 86.1 cm³/mol. The molecule has 0 radical (unpaired) electrons. The van der Waals surface area contributed by atoms with Gasteiger partial charge in [-0.05, 0) is 31.9 Å². The third-order valence-electron chi connectivity index (χ3n) is 4.14. The normalized spacial score (nSPS) is 17.1. The molecule has 0 aliphatic heterocycles. The molecule has 1 atom stereocenters. The molecule has 0 aromatic heterocycles. The van der Waals surface area contributed by atoms with Crippen LogP contribution in [0, 0.1) is 0 Å². The molecular formula is C16H21BrN2O2. The number of nitrogens with two attached hydrogens (primary N) is 1. The largest absolute Gasteiger partial charge is 0.369 e. The van der Waals surface area contributed by atoms with Gasteiger partial charge in [0.15, 0.2) is 5.78 Å². The summed E-state index contributed by atoms with van der Waals surface area (Å²) in [5.41, 5.74) is 6.02. The number of Topliss-reactive ketones (excluding diaryl/α,β-unsaturated/α-hetero) is 1. The molecule has 1 aromatic carbocycles. The van der Waals surface area contributed by atoms with Gasteiger partial charge in [0, 0.05) is 16.1 Å². The molecule has 1 amide bonds. The number of amides is 1. The van der Waals surface area contributed by atoms with Gasteiger partial charge in [-0.3, -0.25) is 14.5 Å². The Labute approximate surface area is 133 Å². The first-order chi connectivity index (χ1) is 9.99. The molecular weight excluding hydrogens is 332 g/mol. The number of rotatable bonds is 6. The van der Waals surface area contributed by atoms with Gasteiger partial charge in [0.1, 0.15) is 0 Å². The van der Waals surface area contributed by atoms with E-state index in [-0.39, 0.29) is 30.3 Å². The molecule has 21 heavy (non-hydrogen) atoms. The van der Waals surface area contributed by atoms with Crippen molar-refractivity contribution in [1.29, 1.82) is 0 Å². The van der Waals surface area contributed by atoms with E-state index in [4.69, 9.17) is 5.73 Å². The lowest BCUT2D eigenvalue weighted by Gasteiger charge is -2.32. The molecule has 0 heterocycles. The molecule has 0 spiro atoms. The van der Waals surface area contributed by atoms with Crippen molar-refractivity contribution in [2.24, 2.45) is 5.73 Å². The Morgan fingerprint density at radius 3 is 2.38 bits per heavy atom. The molecule has 5 heteroatoms. The number of halogens is 1. The maximum atomic E-state index is 12.6. The Hall–Kier alpha value is -1.20. The number of primary amides is 1. The van der Waals surface area contributed by atoms with Gasteiger partial charge in [-0.25, -0.2) is 0 Å². The van der Waals surface area contributed by atoms with Crippen molar-refractivity contribution in [3.05, 3.63) is 34.3 Å². The Morgan fingerprint density at radius 2 is 1.86 bits per heavy atom. The summed E-state index contributed by atoms with van der Waals surface area (Å²) in [7, 11) is 0. The summed E-state index contributed by atoms with van der Waals surface area (Å²) in [6.07, 6.45) is 4.37. The van der Waals surface area contributed by atoms with Gasteiger partial charge >= 0.3 is 0 Å². The first kappa shape index (κ1) is 16.2. The lowest BCUT2D eigenvalue weighted by atomic mass is 10.0. The van der Waals surface area contributed by atoms with Gasteiger partial charge < -0.3 is 5.73 Å². The molecule has 1 saturated carbocycles. The molecule has 0 saturated heterocycles. The van der Waals surface area contributed by atoms with Gasteiger partial charge in [0.05, 0.1) is 12.6 Å². The Bertz CT molecular complexity index is 510. The monoisotopic (exact) mass is 352 g/mol. The van der Waals surface area contributed by atoms with Crippen LogP contribution in [0.3, 0.4) is 0 Å². The third-order valence-corrected chi connectivity index (χ3v) is 4.67. The fourth-order valence-corrected chi connectivity index (χ4v) is 3.27. The Morgan fingerprint density at radius 1 is 1.29 bits per heavy atom. The van der Waals surface area contributed by atoms with E-state index in [0.717, 1.165) is 30.2 Å². The van der Waals surface area contributed by atoms with Gasteiger partial charge in [-0.15, -0.1) is 0 Å². The highest BCUT2D eigenvalue weighted by Gasteiger charge is 2.31. The number of carbonyl (C=O) groups is 2. The van der Waals surface area contributed by atoms with Crippen LogP contribution in [-0.2, 0) is 4.79 Å². The molecule has 1 aliphatic rings. The SMILES string of the molecule is CC(C(=O)c1ccc(Br)cc1)N(CC(N)=O)C1CCCC1. The summed E-state index contributed by atoms with van der Waals surface area (Å²) in [4.78, 5) is 25.9. The summed E-state index contributed by atoms with van der Waals surface area (Å²) >= 11 is 3.36. The van der Waals surface area contributed by atoms with Crippen LogP contribution in [0.2, 0.25) is 0 Å². The quantitative estimate of drug-likeness (QED) is 0.800. The zero-order valence-corrected chi connectivity index (χ0v) is 13.8. The predicted octanol–water partition coefficient (Wildman–Crippen LogP) is 2.75. The highest BCUT2D eigenvalue weighted by Crippen LogP contribution is 2.26. The molecule has 2 rings (SSSR count). The van der Waals surface area contributed by atoms with Crippen molar-refractivity contribution >= 4 is 27.6 Å². The van der Waals surface area contributed by atoms with E-state index in [9.17, 15) is 9.59 Å². The van der Waals surface area contributed by atoms with Crippen molar-refractivity contribution in [3.8, 4) is 0 Å². The van der Waals surface area contributed by atoms with Crippen molar-refractivity contribution in [3.63, 3.8) is 0 Å². The first-order valence-corrected chi connectivity index (χ1v) is 8.12. The molecule has 114 valence electrons. The molecule has 1 fully saturated rings. The number of ketones is 1. The van der Waals surface area contributed by atoms with E-state index < -0.39 is 0 Å². The first-order valence-electron chi connectivity index (χ1n) is 7.33. The van der Waals surface area contributed by atoms with E-state index in [1.807, 2.05) is 24.0 Å². The van der Waals surface area contributed by atoms with Crippen LogP contribution in [0.15, 0.2) is 28.7 Å². The van der Waals surface area contributed by atoms with Gasteiger partial charge in [-0.1, -0.05) is 40.9 Å². The van der Waals surface area contributed by atoms with Crippen molar-refractivity contribution in [2.75, 3.05) is 6.54 Å². The summed E-state index contributed by atoms with van der Waals surface area (Å²) in [6, 6.07) is 7.27. The average Bonchev–Trinajstić information content (AvgIpc) is 2.98. The van der Waals surface area contributed by atoms with Crippen LogP contribution in [0.1, 0.15) is 43.0 Å². The number of carbonyl (C=O) groups excluding carboxylic acids is 2. The topological polar surface area (TPSA) is 63.4 Å². The summed E-state index contributed by atoms with van der Waals surface area (Å²) < 4.78 is 0.941. The van der Waals surface area contributed by atoms with Crippen LogP contribution < -0.4 is 5.73 Å². The fraction of sp³-hybridized carbons (Fsp3) is 0.500. The number of hydrogen-bond acceptors (Lipinski definition) is 3. The van der Waals surface area contributed by atoms with Crippen LogP contribution in [-0.4, -0.2) is 35.2 Å². The number of hydrogen-bond donors (Lipinski definition) is 1. The second-order valence-corrected chi connectivity index (χ2v) is 6.54. The van der Waals surface area contributed by atoms with E-state index in [1.165, 1.54) is 0 Å². The second-order valence-electron chi connectivity index (χ2n) is 5.62. The molecule has 2 N–H and O–H groups in total. The number of nitrogens with zero attached hydrogens (tertiary/aromatic N) is 1. The molecule has 4 nitrogen and oxygen atoms in total. The van der Waals surface area contributed by atoms with E-state index in [0.29, 0.717) is 5.56 Å². The zero-order valence-electron chi connectivity index (χ0n) is 12.2. The fourth-order valence-electron chi connectivity index (χ4n) is 3.00. The van der Waals surface area contributed by atoms with Crippen molar-refractivity contribution in [1.82, 2.24) is 4.90 Å². The maximum Gasteiger partial charge on any atom is 0.231 e. The highest BCUT2D eigenvalue weighted by molar-refractivity contribution is 9.10. The molecule has 1 unspecified atom stereocenters. The zero-order chi connectivity index (χ0) is 15.4.